The van der Waals surface area contributed by atoms with Crippen LogP contribution >= 0.6 is 0 Å². The fraction of sp³-hybridized carbons (Fsp3) is 0.167. The summed E-state index contributed by atoms with van der Waals surface area (Å²) >= 11 is 0. The lowest BCUT2D eigenvalue weighted by molar-refractivity contribution is 0.0935. The van der Waals surface area contributed by atoms with Gasteiger partial charge in [-0.3, -0.25) is 19.0 Å². The molecule has 3 heterocycles. The molecule has 0 saturated heterocycles. The van der Waals surface area contributed by atoms with Gasteiger partial charge in [-0.05, 0) is 54.4 Å². The normalized spacial score (nSPS) is 10.8. The minimum atomic E-state index is -0.474. The molecule has 1 aromatic carbocycles. The van der Waals surface area contributed by atoms with Gasteiger partial charge in [0.25, 0.3) is 11.8 Å². The van der Waals surface area contributed by atoms with Crippen LogP contribution in [0.1, 0.15) is 37.8 Å². The number of nitrogens with zero attached hydrogens (tertiary/aromatic N) is 3. The van der Waals surface area contributed by atoms with Crippen molar-refractivity contribution in [3.05, 3.63) is 95.0 Å². The number of pyridine rings is 2. The molecule has 0 bridgehead atoms. The number of methoxy groups -OCH3 is 1. The van der Waals surface area contributed by atoms with Gasteiger partial charge in [0, 0.05) is 31.2 Å². The van der Waals surface area contributed by atoms with E-state index in [2.05, 4.69) is 20.6 Å². The number of imidazole rings is 1. The third kappa shape index (κ3) is 4.98. The number of fused-ring (bicyclic) bond motifs is 1. The fourth-order valence-electron chi connectivity index (χ4n) is 3.38. The van der Waals surface area contributed by atoms with E-state index in [1.54, 1.807) is 34.9 Å². The van der Waals surface area contributed by atoms with Crippen LogP contribution in [0.4, 0.5) is 4.39 Å². The second-order valence-corrected chi connectivity index (χ2v) is 7.41. The number of nitrogens with one attached hydrogen (secondary N) is 2. The number of aromatic nitrogens is 3. The maximum absolute atomic E-state index is 13.6. The molecule has 3 aromatic heterocycles. The van der Waals surface area contributed by atoms with Crippen molar-refractivity contribution in [2.24, 2.45) is 0 Å². The zero-order valence-corrected chi connectivity index (χ0v) is 18.1. The van der Waals surface area contributed by atoms with Crippen LogP contribution in [0.3, 0.4) is 0 Å². The molecule has 0 fully saturated rings. The van der Waals surface area contributed by atoms with Crippen molar-refractivity contribution in [2.75, 3.05) is 7.11 Å². The Balaban J connectivity index is 1.47. The largest absolute Gasteiger partial charge is 0.494 e. The zero-order valence-electron chi connectivity index (χ0n) is 18.1. The van der Waals surface area contributed by atoms with E-state index in [4.69, 9.17) is 4.74 Å². The van der Waals surface area contributed by atoms with E-state index < -0.39 is 11.7 Å². The average molecular weight is 447 g/mol. The molecule has 0 aliphatic heterocycles. The average Bonchev–Trinajstić information content (AvgIpc) is 3.26. The summed E-state index contributed by atoms with van der Waals surface area (Å²) in [6, 6.07) is 13.2. The smallest absolute Gasteiger partial charge is 0.271 e. The Bertz CT molecular complexity index is 1330. The third-order valence-corrected chi connectivity index (χ3v) is 5.04. The van der Waals surface area contributed by atoms with Crippen molar-refractivity contribution < 1.29 is 18.7 Å². The molecule has 2 amide bonds. The van der Waals surface area contributed by atoms with Crippen LogP contribution < -0.4 is 15.4 Å². The molecule has 8 nitrogen and oxygen atoms in total. The molecule has 168 valence electrons. The van der Waals surface area contributed by atoms with Gasteiger partial charge in [0.15, 0.2) is 11.6 Å². The molecule has 0 saturated carbocycles. The molecule has 0 spiro atoms. The molecule has 33 heavy (non-hydrogen) atoms. The SMILES string of the molecule is COc1cc(CNC(=O)c2cn3c(C(=O)NCc4ccnc(C)c4)cccc3n2)ccc1F. The van der Waals surface area contributed by atoms with Gasteiger partial charge in [0.05, 0.1) is 7.11 Å². The second-order valence-electron chi connectivity index (χ2n) is 7.41. The van der Waals surface area contributed by atoms with Crippen LogP contribution in [-0.4, -0.2) is 33.3 Å². The highest BCUT2D eigenvalue weighted by molar-refractivity contribution is 5.95. The fourth-order valence-corrected chi connectivity index (χ4v) is 3.38. The van der Waals surface area contributed by atoms with Gasteiger partial charge in [0.1, 0.15) is 17.0 Å². The highest BCUT2D eigenvalue weighted by Gasteiger charge is 2.16. The summed E-state index contributed by atoms with van der Waals surface area (Å²) in [6.45, 7) is 2.40. The van der Waals surface area contributed by atoms with Gasteiger partial charge in [-0.25, -0.2) is 9.37 Å². The van der Waals surface area contributed by atoms with Crippen LogP contribution in [0.25, 0.3) is 5.65 Å². The monoisotopic (exact) mass is 447 g/mol. The van der Waals surface area contributed by atoms with E-state index >= 15 is 0 Å². The Morgan fingerprint density at radius 2 is 1.79 bits per heavy atom. The van der Waals surface area contributed by atoms with Crippen molar-refractivity contribution >= 4 is 17.5 Å². The van der Waals surface area contributed by atoms with Gasteiger partial charge in [-0.2, -0.15) is 0 Å². The van der Waals surface area contributed by atoms with Crippen molar-refractivity contribution in [1.82, 2.24) is 25.0 Å². The summed E-state index contributed by atoms with van der Waals surface area (Å²) in [4.78, 5) is 33.9. The Morgan fingerprint density at radius 1 is 1.03 bits per heavy atom. The lowest BCUT2D eigenvalue weighted by Crippen LogP contribution is -2.25. The number of aryl methyl sites for hydroxylation is 1. The van der Waals surface area contributed by atoms with Crippen molar-refractivity contribution in [3.8, 4) is 5.75 Å². The number of hydrogen-bond acceptors (Lipinski definition) is 5. The molecule has 0 unspecified atom stereocenters. The molecule has 4 aromatic rings. The molecule has 0 radical (unpaired) electrons. The Hall–Kier alpha value is -4.27. The summed E-state index contributed by atoms with van der Waals surface area (Å²) < 4.78 is 20.1. The van der Waals surface area contributed by atoms with Crippen LogP contribution in [0.5, 0.6) is 5.75 Å². The van der Waals surface area contributed by atoms with Crippen molar-refractivity contribution in [3.63, 3.8) is 0 Å². The first-order valence-electron chi connectivity index (χ1n) is 10.2. The maximum Gasteiger partial charge on any atom is 0.271 e. The first kappa shape index (κ1) is 21.9. The number of carbonyl (C=O) groups is 2. The van der Waals surface area contributed by atoms with E-state index in [0.717, 1.165) is 11.3 Å². The summed E-state index contributed by atoms with van der Waals surface area (Å²) in [5, 5.41) is 5.63. The third-order valence-electron chi connectivity index (χ3n) is 5.04. The van der Waals surface area contributed by atoms with E-state index in [-0.39, 0.29) is 23.9 Å². The Labute approximate surface area is 189 Å². The zero-order chi connectivity index (χ0) is 23.4. The number of hydrogen-bond donors (Lipinski definition) is 2. The van der Waals surface area contributed by atoms with Crippen LogP contribution in [-0.2, 0) is 13.1 Å². The van der Waals surface area contributed by atoms with Gasteiger partial charge in [-0.15, -0.1) is 0 Å². The highest BCUT2D eigenvalue weighted by atomic mass is 19.1. The molecule has 9 heteroatoms. The molecule has 4 rings (SSSR count). The van der Waals surface area contributed by atoms with Gasteiger partial charge < -0.3 is 15.4 Å². The van der Waals surface area contributed by atoms with Crippen LogP contribution in [0.15, 0.2) is 60.9 Å². The quantitative estimate of drug-likeness (QED) is 0.454. The molecular formula is C24H22FN5O3. The summed E-state index contributed by atoms with van der Waals surface area (Å²) in [7, 11) is 1.38. The predicted octanol–water partition coefficient (Wildman–Crippen LogP) is 3.05. The molecule has 0 atom stereocenters. The Kier molecular flexibility index (Phi) is 6.30. The van der Waals surface area contributed by atoms with Crippen LogP contribution in [0.2, 0.25) is 0 Å². The number of halogens is 1. The standard InChI is InChI=1S/C24H22FN5O3/c1-15-10-17(8-9-26-15)13-28-24(32)20-4-3-5-22-29-19(14-30(20)22)23(31)27-12-16-6-7-18(25)21(11-16)33-2/h3-11,14H,12-13H2,1-2H3,(H,27,31)(H,28,32). The molecule has 0 aliphatic rings. The minimum absolute atomic E-state index is 0.104. The number of rotatable bonds is 7. The Morgan fingerprint density at radius 3 is 2.55 bits per heavy atom. The van der Waals surface area contributed by atoms with Crippen molar-refractivity contribution in [2.45, 2.75) is 20.0 Å². The molecule has 2 N–H and O–H groups in total. The van der Waals surface area contributed by atoms with E-state index in [0.29, 0.717) is 23.4 Å². The number of ether oxygens (including phenoxy) is 1. The number of carbonyl (C=O) groups excluding carboxylic acids is 2. The lowest BCUT2D eigenvalue weighted by Gasteiger charge is -2.08. The van der Waals surface area contributed by atoms with Crippen molar-refractivity contribution in [1.29, 1.82) is 0 Å². The number of amides is 2. The number of benzene rings is 1. The summed E-state index contributed by atoms with van der Waals surface area (Å²) in [5.41, 5.74) is 3.47. The van der Waals surface area contributed by atoms with Gasteiger partial charge >= 0.3 is 0 Å². The first-order chi connectivity index (χ1) is 15.9. The maximum atomic E-state index is 13.6. The first-order valence-corrected chi connectivity index (χ1v) is 10.2. The van der Waals surface area contributed by atoms with Gasteiger partial charge in [0.2, 0.25) is 0 Å². The second kappa shape index (κ2) is 9.47. The summed E-state index contributed by atoms with van der Waals surface area (Å²) in [5.74, 6) is -1.08. The van der Waals surface area contributed by atoms with Crippen LogP contribution in [0, 0.1) is 12.7 Å². The topological polar surface area (TPSA) is 97.6 Å². The van der Waals surface area contributed by atoms with E-state index in [1.807, 2.05) is 19.1 Å². The highest BCUT2D eigenvalue weighted by Crippen LogP contribution is 2.18. The van der Waals surface area contributed by atoms with Gasteiger partial charge in [-0.1, -0.05) is 12.1 Å². The molecular weight excluding hydrogens is 425 g/mol. The van der Waals surface area contributed by atoms with E-state index in [1.165, 1.54) is 25.4 Å². The minimum Gasteiger partial charge on any atom is -0.494 e. The lowest BCUT2D eigenvalue weighted by atomic mass is 10.2. The molecule has 0 aliphatic carbocycles. The predicted molar refractivity (Wildman–Crippen MR) is 119 cm³/mol. The summed E-state index contributed by atoms with van der Waals surface area (Å²) in [6.07, 6.45) is 3.21. The van der Waals surface area contributed by atoms with E-state index in [9.17, 15) is 14.0 Å².